The Hall–Kier alpha value is -2.50. The molecule has 0 saturated carbocycles. The fourth-order valence-electron chi connectivity index (χ4n) is 2.50. The maximum absolute atomic E-state index is 13.3. The highest BCUT2D eigenvalue weighted by atomic mass is 19.4. The van der Waals surface area contributed by atoms with E-state index >= 15 is 0 Å². The van der Waals surface area contributed by atoms with Crippen LogP contribution in [0.1, 0.15) is 17.0 Å². The number of benzene rings is 2. The number of nitrogen functional groups attached to an aromatic ring is 1. The van der Waals surface area contributed by atoms with Crippen molar-refractivity contribution in [2.45, 2.75) is 19.6 Å². The predicted molar refractivity (Wildman–Crippen MR) is 79.4 cm³/mol. The van der Waals surface area contributed by atoms with Crippen molar-refractivity contribution in [1.29, 1.82) is 0 Å². The number of aryl methyl sites for hydroxylation is 1. The number of hydrogen-bond donors (Lipinski definition) is 1. The molecule has 0 atom stereocenters. The van der Waals surface area contributed by atoms with Gasteiger partial charge in [0.15, 0.2) is 0 Å². The number of para-hydroxylation sites is 1. The first-order valence-electron chi connectivity index (χ1n) is 6.74. The van der Waals surface area contributed by atoms with Gasteiger partial charge in [-0.15, -0.1) is 0 Å². The van der Waals surface area contributed by atoms with Crippen LogP contribution in [-0.4, -0.2) is 9.55 Å². The Morgan fingerprint density at radius 3 is 2.50 bits per heavy atom. The Bertz CT molecular complexity index is 834. The number of nitrogens with zero attached hydrogens (tertiary/aromatic N) is 2. The average molecular weight is 305 g/mol. The third-order valence-corrected chi connectivity index (χ3v) is 3.65. The van der Waals surface area contributed by atoms with E-state index in [0.717, 1.165) is 11.1 Å². The molecular formula is C16H14F3N3. The number of anilines is 1. The lowest BCUT2D eigenvalue weighted by Gasteiger charge is -2.13. The van der Waals surface area contributed by atoms with Crippen molar-refractivity contribution in [2.75, 3.05) is 5.73 Å². The van der Waals surface area contributed by atoms with Gasteiger partial charge in [-0.25, -0.2) is 4.98 Å². The number of imidazole rings is 1. The summed E-state index contributed by atoms with van der Waals surface area (Å²) in [6.45, 7) is 1.97. The van der Waals surface area contributed by atoms with Crippen LogP contribution in [0.25, 0.3) is 11.0 Å². The number of aromatic nitrogens is 2. The van der Waals surface area contributed by atoms with Crippen molar-refractivity contribution in [2.24, 2.45) is 0 Å². The van der Waals surface area contributed by atoms with Gasteiger partial charge in [0.2, 0.25) is 5.82 Å². The molecule has 0 aliphatic rings. The normalized spacial score (nSPS) is 12.0. The number of hydrogen-bond acceptors (Lipinski definition) is 2. The molecule has 114 valence electrons. The van der Waals surface area contributed by atoms with Crippen LogP contribution in [0.4, 0.5) is 18.9 Å². The highest BCUT2D eigenvalue weighted by Gasteiger charge is 2.37. The molecule has 0 spiro atoms. The summed E-state index contributed by atoms with van der Waals surface area (Å²) in [6.07, 6.45) is -4.53. The molecule has 2 aromatic carbocycles. The fourth-order valence-corrected chi connectivity index (χ4v) is 2.50. The monoisotopic (exact) mass is 305 g/mol. The molecule has 0 unspecified atom stereocenters. The van der Waals surface area contributed by atoms with Gasteiger partial charge in [0.1, 0.15) is 5.52 Å². The zero-order valence-corrected chi connectivity index (χ0v) is 11.9. The van der Waals surface area contributed by atoms with Crippen LogP contribution < -0.4 is 5.73 Å². The second kappa shape index (κ2) is 5.05. The molecule has 0 aliphatic heterocycles. The standard InChI is InChI=1S/C16H14F3N3/c1-10-5-2-3-6-11(10)9-22-13-8-4-7-12(20)14(13)21-15(22)16(17,18)19/h2-8H,9,20H2,1H3. The third-order valence-electron chi connectivity index (χ3n) is 3.65. The third kappa shape index (κ3) is 2.41. The minimum absolute atomic E-state index is 0.0987. The second-order valence-electron chi connectivity index (χ2n) is 5.16. The highest BCUT2D eigenvalue weighted by molar-refractivity contribution is 5.87. The van der Waals surface area contributed by atoms with Gasteiger partial charge in [-0.2, -0.15) is 13.2 Å². The minimum Gasteiger partial charge on any atom is -0.397 e. The van der Waals surface area contributed by atoms with E-state index in [1.807, 2.05) is 31.2 Å². The number of nitrogens with two attached hydrogens (primary N) is 1. The van der Waals surface area contributed by atoms with Crippen molar-refractivity contribution in [3.63, 3.8) is 0 Å². The summed E-state index contributed by atoms with van der Waals surface area (Å²) in [5.41, 5.74) is 8.32. The molecule has 22 heavy (non-hydrogen) atoms. The number of alkyl halides is 3. The summed E-state index contributed by atoms with van der Waals surface area (Å²) in [5, 5.41) is 0. The van der Waals surface area contributed by atoms with Gasteiger partial charge >= 0.3 is 6.18 Å². The SMILES string of the molecule is Cc1ccccc1Cn1c(C(F)(F)F)nc2c(N)cccc21. The number of halogens is 3. The molecule has 3 nitrogen and oxygen atoms in total. The van der Waals surface area contributed by atoms with E-state index in [1.54, 1.807) is 18.2 Å². The van der Waals surface area contributed by atoms with Crippen molar-refractivity contribution in [1.82, 2.24) is 9.55 Å². The van der Waals surface area contributed by atoms with Crippen LogP contribution in [0.2, 0.25) is 0 Å². The molecule has 0 fully saturated rings. The van der Waals surface area contributed by atoms with E-state index in [2.05, 4.69) is 4.98 Å². The van der Waals surface area contributed by atoms with E-state index in [-0.39, 0.29) is 17.7 Å². The fraction of sp³-hybridized carbons (Fsp3) is 0.188. The van der Waals surface area contributed by atoms with Gasteiger partial charge in [-0.1, -0.05) is 30.3 Å². The maximum atomic E-state index is 13.3. The summed E-state index contributed by atoms with van der Waals surface area (Å²) in [6, 6.07) is 12.1. The molecule has 0 bridgehead atoms. The van der Waals surface area contributed by atoms with Crippen LogP contribution >= 0.6 is 0 Å². The van der Waals surface area contributed by atoms with Crippen molar-refractivity contribution >= 4 is 16.7 Å². The zero-order chi connectivity index (χ0) is 15.9. The summed E-state index contributed by atoms with van der Waals surface area (Å²) < 4.78 is 41.1. The quantitative estimate of drug-likeness (QED) is 0.727. The molecule has 6 heteroatoms. The maximum Gasteiger partial charge on any atom is 0.449 e. The molecule has 0 radical (unpaired) electrons. The number of fused-ring (bicyclic) bond motifs is 1. The van der Waals surface area contributed by atoms with Crippen LogP contribution in [-0.2, 0) is 12.7 Å². The lowest BCUT2D eigenvalue weighted by atomic mass is 10.1. The summed E-state index contributed by atoms with van der Waals surface area (Å²) in [7, 11) is 0. The predicted octanol–water partition coefficient (Wildman–Crippen LogP) is 3.99. The van der Waals surface area contributed by atoms with Gasteiger partial charge in [0.05, 0.1) is 11.2 Å². The zero-order valence-electron chi connectivity index (χ0n) is 11.9. The lowest BCUT2D eigenvalue weighted by Crippen LogP contribution is -2.16. The van der Waals surface area contributed by atoms with Crippen LogP contribution in [0.3, 0.4) is 0 Å². The van der Waals surface area contributed by atoms with Crippen LogP contribution in [0.5, 0.6) is 0 Å². The summed E-state index contributed by atoms with van der Waals surface area (Å²) >= 11 is 0. The van der Waals surface area contributed by atoms with Gasteiger partial charge in [0.25, 0.3) is 0 Å². The van der Waals surface area contributed by atoms with E-state index in [9.17, 15) is 13.2 Å². The highest BCUT2D eigenvalue weighted by Crippen LogP contribution is 2.33. The van der Waals surface area contributed by atoms with Crippen molar-refractivity contribution in [3.05, 3.63) is 59.4 Å². The lowest BCUT2D eigenvalue weighted by molar-refractivity contribution is -0.146. The van der Waals surface area contributed by atoms with Gasteiger partial charge < -0.3 is 10.3 Å². The summed E-state index contributed by atoms with van der Waals surface area (Å²) in [4.78, 5) is 3.72. The Morgan fingerprint density at radius 2 is 1.82 bits per heavy atom. The van der Waals surface area contributed by atoms with Crippen molar-refractivity contribution < 1.29 is 13.2 Å². The van der Waals surface area contributed by atoms with E-state index < -0.39 is 12.0 Å². The van der Waals surface area contributed by atoms with E-state index in [4.69, 9.17) is 5.73 Å². The topological polar surface area (TPSA) is 43.8 Å². The molecule has 3 rings (SSSR count). The van der Waals surface area contributed by atoms with Crippen molar-refractivity contribution in [3.8, 4) is 0 Å². The molecule has 3 aromatic rings. The van der Waals surface area contributed by atoms with Gasteiger partial charge in [0, 0.05) is 6.54 Å². The molecule has 0 saturated heterocycles. The Balaban J connectivity index is 2.23. The average Bonchev–Trinajstić information content (AvgIpc) is 2.82. The summed E-state index contributed by atoms with van der Waals surface area (Å²) in [5.74, 6) is -0.927. The molecule has 1 aromatic heterocycles. The smallest absolute Gasteiger partial charge is 0.397 e. The number of rotatable bonds is 2. The second-order valence-corrected chi connectivity index (χ2v) is 5.16. The Kier molecular flexibility index (Phi) is 3.31. The first-order chi connectivity index (χ1) is 10.4. The first-order valence-corrected chi connectivity index (χ1v) is 6.74. The largest absolute Gasteiger partial charge is 0.449 e. The molecule has 2 N–H and O–H groups in total. The molecular weight excluding hydrogens is 291 g/mol. The molecule has 0 amide bonds. The van der Waals surface area contributed by atoms with E-state index in [1.165, 1.54) is 4.57 Å². The first kappa shape index (κ1) is 14.4. The Labute approximate surface area is 125 Å². The molecule has 1 heterocycles. The van der Waals surface area contributed by atoms with Gasteiger partial charge in [-0.05, 0) is 30.2 Å². The van der Waals surface area contributed by atoms with Gasteiger partial charge in [-0.3, -0.25) is 0 Å². The van der Waals surface area contributed by atoms with Crippen LogP contribution in [0, 0.1) is 6.92 Å². The van der Waals surface area contributed by atoms with E-state index in [0.29, 0.717) is 5.52 Å². The molecule has 0 aliphatic carbocycles. The Morgan fingerprint density at radius 1 is 1.09 bits per heavy atom. The minimum atomic E-state index is -4.53. The van der Waals surface area contributed by atoms with Crippen LogP contribution in [0.15, 0.2) is 42.5 Å².